The second kappa shape index (κ2) is 11.8. The monoisotopic (exact) mass is 398 g/mol. The molecule has 0 bridgehead atoms. The van der Waals surface area contributed by atoms with E-state index in [-0.39, 0.29) is 12.5 Å². The van der Waals surface area contributed by atoms with Crippen molar-refractivity contribution < 1.29 is 17.9 Å². The molecule has 0 saturated heterocycles. The van der Waals surface area contributed by atoms with Crippen molar-refractivity contribution in [3.63, 3.8) is 0 Å². The van der Waals surface area contributed by atoms with Gasteiger partial charge in [-0.2, -0.15) is 0 Å². The van der Waals surface area contributed by atoms with Crippen LogP contribution < -0.4 is 14.4 Å². The van der Waals surface area contributed by atoms with Gasteiger partial charge < -0.3 is 10.1 Å². The predicted octanol–water partition coefficient (Wildman–Crippen LogP) is 3.57. The lowest BCUT2D eigenvalue weighted by molar-refractivity contribution is -0.121. The zero-order valence-corrected chi connectivity index (χ0v) is 17.8. The molecule has 1 rings (SSSR count). The van der Waals surface area contributed by atoms with Gasteiger partial charge in [0, 0.05) is 25.6 Å². The summed E-state index contributed by atoms with van der Waals surface area (Å²) in [4.78, 5) is 12.1. The van der Waals surface area contributed by atoms with E-state index in [1.807, 2.05) is 0 Å². The summed E-state index contributed by atoms with van der Waals surface area (Å²) >= 11 is 0. The minimum atomic E-state index is -3.43. The highest BCUT2D eigenvalue weighted by atomic mass is 32.2. The van der Waals surface area contributed by atoms with Gasteiger partial charge in [0.15, 0.2) is 0 Å². The fourth-order valence-electron chi connectivity index (χ4n) is 2.93. The van der Waals surface area contributed by atoms with E-state index in [0.717, 1.165) is 19.3 Å². The van der Waals surface area contributed by atoms with E-state index in [4.69, 9.17) is 4.74 Å². The van der Waals surface area contributed by atoms with Crippen molar-refractivity contribution in [2.75, 3.05) is 30.8 Å². The third-order valence-electron chi connectivity index (χ3n) is 4.64. The minimum Gasteiger partial charge on any atom is -0.497 e. The normalized spacial score (nSPS) is 12.4. The van der Waals surface area contributed by atoms with Crippen LogP contribution in [0.15, 0.2) is 24.3 Å². The summed E-state index contributed by atoms with van der Waals surface area (Å²) in [6.07, 6.45) is 6.46. The van der Waals surface area contributed by atoms with Crippen LogP contribution in [0.2, 0.25) is 0 Å². The number of nitrogens with zero attached hydrogens (tertiary/aromatic N) is 1. The number of hydrogen-bond donors (Lipinski definition) is 1. The summed E-state index contributed by atoms with van der Waals surface area (Å²) in [6.45, 7) is 5.26. The fraction of sp³-hybridized carbons (Fsp3) is 0.650. The first-order valence-electron chi connectivity index (χ1n) is 9.70. The molecule has 0 heterocycles. The second-order valence-electron chi connectivity index (χ2n) is 6.86. The van der Waals surface area contributed by atoms with Crippen LogP contribution in [0.3, 0.4) is 0 Å². The number of carbonyl (C=O) groups excluding carboxylic acids is 1. The van der Waals surface area contributed by atoms with Gasteiger partial charge in [0.25, 0.3) is 0 Å². The van der Waals surface area contributed by atoms with Crippen LogP contribution in [-0.2, 0) is 14.8 Å². The van der Waals surface area contributed by atoms with Crippen molar-refractivity contribution in [2.45, 2.75) is 52.4 Å². The Morgan fingerprint density at radius 3 is 2.59 bits per heavy atom. The molecule has 0 radical (unpaired) electrons. The molecule has 1 atom stereocenters. The molecular weight excluding hydrogens is 364 g/mol. The molecule has 1 amide bonds. The molecule has 0 spiro atoms. The van der Waals surface area contributed by atoms with Gasteiger partial charge >= 0.3 is 0 Å². The van der Waals surface area contributed by atoms with Crippen LogP contribution in [0.4, 0.5) is 5.69 Å². The average Bonchev–Trinajstić information content (AvgIpc) is 2.64. The Kier molecular flexibility index (Phi) is 10.2. The topological polar surface area (TPSA) is 75.7 Å². The van der Waals surface area contributed by atoms with E-state index >= 15 is 0 Å². The predicted molar refractivity (Wildman–Crippen MR) is 111 cm³/mol. The quantitative estimate of drug-likeness (QED) is 0.551. The Morgan fingerprint density at radius 1 is 1.26 bits per heavy atom. The summed E-state index contributed by atoms with van der Waals surface area (Å²) in [6, 6.07) is 6.92. The minimum absolute atomic E-state index is 0.0240. The molecule has 1 aromatic carbocycles. The molecule has 6 nitrogen and oxygen atoms in total. The van der Waals surface area contributed by atoms with Gasteiger partial charge in [-0.3, -0.25) is 9.10 Å². The molecule has 0 unspecified atom stereocenters. The molecule has 154 valence electrons. The van der Waals surface area contributed by atoms with Crippen LogP contribution >= 0.6 is 0 Å². The summed E-state index contributed by atoms with van der Waals surface area (Å²) in [5, 5.41) is 2.99. The molecule has 27 heavy (non-hydrogen) atoms. The van der Waals surface area contributed by atoms with Crippen LogP contribution in [0.25, 0.3) is 0 Å². The molecule has 0 aromatic heterocycles. The highest BCUT2D eigenvalue weighted by molar-refractivity contribution is 7.92. The number of sulfonamides is 1. The van der Waals surface area contributed by atoms with E-state index < -0.39 is 10.0 Å². The Balaban J connectivity index is 2.55. The number of carbonyl (C=O) groups is 1. The number of methoxy groups -OCH3 is 1. The Labute approximate surface area is 164 Å². The molecular formula is C20H34N2O4S. The van der Waals surface area contributed by atoms with Crippen LogP contribution in [0.1, 0.15) is 52.4 Å². The molecule has 0 aliphatic heterocycles. The van der Waals surface area contributed by atoms with Crippen molar-refractivity contribution in [1.29, 1.82) is 0 Å². The smallest absolute Gasteiger partial charge is 0.232 e. The number of ether oxygens (including phenoxy) is 1. The van der Waals surface area contributed by atoms with Gasteiger partial charge in [0.2, 0.25) is 15.9 Å². The van der Waals surface area contributed by atoms with E-state index in [9.17, 15) is 13.2 Å². The van der Waals surface area contributed by atoms with Gasteiger partial charge in [0.05, 0.1) is 19.1 Å². The van der Waals surface area contributed by atoms with Gasteiger partial charge in [-0.15, -0.1) is 0 Å². The van der Waals surface area contributed by atoms with E-state index in [0.29, 0.717) is 36.7 Å². The van der Waals surface area contributed by atoms with E-state index in [2.05, 4.69) is 19.2 Å². The van der Waals surface area contributed by atoms with Crippen molar-refractivity contribution >= 4 is 21.6 Å². The SMILES string of the molecule is CCCC[C@H](CC)CNC(=O)CCCN(c1cccc(OC)c1)S(C)(=O)=O. The summed E-state index contributed by atoms with van der Waals surface area (Å²) in [5.74, 6) is 1.08. The van der Waals surface area contributed by atoms with Gasteiger partial charge in [-0.25, -0.2) is 8.42 Å². The second-order valence-corrected chi connectivity index (χ2v) is 8.77. The molecule has 0 aliphatic rings. The first-order valence-corrected chi connectivity index (χ1v) is 11.5. The van der Waals surface area contributed by atoms with Crippen molar-refractivity contribution in [3.05, 3.63) is 24.3 Å². The maximum Gasteiger partial charge on any atom is 0.232 e. The summed E-state index contributed by atoms with van der Waals surface area (Å²) in [5.41, 5.74) is 0.544. The van der Waals surface area contributed by atoms with Crippen molar-refractivity contribution in [3.8, 4) is 5.75 Å². The first kappa shape index (κ1) is 23.3. The van der Waals surface area contributed by atoms with E-state index in [1.54, 1.807) is 24.3 Å². The fourth-order valence-corrected chi connectivity index (χ4v) is 3.88. The molecule has 1 aromatic rings. The summed E-state index contributed by atoms with van der Waals surface area (Å²) in [7, 11) is -1.89. The Bertz CT molecular complexity index is 676. The average molecular weight is 399 g/mol. The molecule has 7 heteroatoms. The lowest BCUT2D eigenvalue weighted by atomic mass is 9.99. The Morgan fingerprint density at radius 2 is 2.00 bits per heavy atom. The standard InChI is InChI=1S/C20H34N2O4S/c1-5-7-10-17(6-2)16-21-20(23)13-9-14-22(27(4,24)25)18-11-8-12-19(15-18)26-3/h8,11-12,15,17H,5-7,9-10,13-14,16H2,1-4H3,(H,21,23)/t17-/m0/s1. The van der Waals surface area contributed by atoms with Gasteiger partial charge in [-0.1, -0.05) is 39.2 Å². The Hall–Kier alpha value is -1.76. The third-order valence-corrected chi connectivity index (χ3v) is 5.83. The number of anilines is 1. The van der Waals surface area contributed by atoms with Crippen LogP contribution in [0, 0.1) is 5.92 Å². The molecule has 0 saturated carbocycles. The lowest BCUT2D eigenvalue weighted by Crippen LogP contribution is -2.33. The number of nitrogens with one attached hydrogen (secondary N) is 1. The number of amides is 1. The summed E-state index contributed by atoms with van der Waals surface area (Å²) < 4.78 is 30.8. The van der Waals surface area contributed by atoms with Crippen molar-refractivity contribution in [2.24, 2.45) is 5.92 Å². The molecule has 0 fully saturated rings. The lowest BCUT2D eigenvalue weighted by Gasteiger charge is -2.23. The first-order chi connectivity index (χ1) is 12.8. The third kappa shape index (κ3) is 8.65. The highest BCUT2D eigenvalue weighted by Crippen LogP contribution is 2.23. The van der Waals surface area contributed by atoms with Gasteiger partial charge in [-0.05, 0) is 30.9 Å². The maximum atomic E-state index is 12.1. The van der Waals surface area contributed by atoms with E-state index in [1.165, 1.54) is 24.1 Å². The highest BCUT2D eigenvalue weighted by Gasteiger charge is 2.18. The zero-order chi connectivity index (χ0) is 20.3. The van der Waals surface area contributed by atoms with Crippen molar-refractivity contribution in [1.82, 2.24) is 5.32 Å². The zero-order valence-electron chi connectivity index (χ0n) is 17.0. The number of hydrogen-bond acceptors (Lipinski definition) is 4. The number of benzene rings is 1. The largest absolute Gasteiger partial charge is 0.497 e. The molecule has 1 N–H and O–H groups in total. The number of rotatable bonds is 13. The van der Waals surface area contributed by atoms with Gasteiger partial charge in [0.1, 0.15) is 5.75 Å². The molecule has 0 aliphatic carbocycles. The maximum absolute atomic E-state index is 12.1. The van der Waals surface area contributed by atoms with Crippen LogP contribution in [0.5, 0.6) is 5.75 Å². The number of unbranched alkanes of at least 4 members (excludes halogenated alkanes) is 1. The van der Waals surface area contributed by atoms with Crippen LogP contribution in [-0.4, -0.2) is 40.8 Å².